The van der Waals surface area contributed by atoms with E-state index in [2.05, 4.69) is 52.4 Å². The van der Waals surface area contributed by atoms with Crippen LogP contribution in [-0.4, -0.2) is 29.8 Å². The van der Waals surface area contributed by atoms with Crippen molar-refractivity contribution < 1.29 is 0 Å². The molecule has 0 aliphatic heterocycles. The Hall–Kier alpha value is -3.28. The Bertz CT molecular complexity index is 1000. The van der Waals surface area contributed by atoms with Crippen molar-refractivity contribution in [3.8, 4) is 11.3 Å². The lowest BCUT2D eigenvalue weighted by atomic mass is 10.1. The lowest BCUT2D eigenvalue weighted by Gasteiger charge is -2.12. The summed E-state index contributed by atoms with van der Waals surface area (Å²) in [7, 11) is 0. The molecule has 1 atom stereocenters. The molecular weight excluding hydrogens is 324 g/mol. The summed E-state index contributed by atoms with van der Waals surface area (Å²) in [6.07, 6.45) is 7.55. The number of hydrogen-bond donors (Lipinski definition) is 0. The van der Waals surface area contributed by atoms with Crippen molar-refractivity contribution in [2.24, 2.45) is 0 Å². The largest absolute Gasteiger partial charge is 0.268 e. The van der Waals surface area contributed by atoms with E-state index in [1.54, 1.807) is 6.20 Å². The predicted octanol–water partition coefficient (Wildman–Crippen LogP) is 3.50. The van der Waals surface area contributed by atoms with Crippen molar-refractivity contribution in [3.05, 3.63) is 84.1 Å². The smallest absolute Gasteiger partial charge is 0.113 e. The molecule has 0 unspecified atom stereocenters. The predicted molar refractivity (Wildman–Crippen MR) is 99.6 cm³/mol. The van der Waals surface area contributed by atoms with Gasteiger partial charge in [-0.05, 0) is 37.1 Å². The van der Waals surface area contributed by atoms with Crippen LogP contribution in [0.4, 0.5) is 0 Å². The van der Waals surface area contributed by atoms with Crippen LogP contribution in [0, 0.1) is 6.92 Å². The van der Waals surface area contributed by atoms with Crippen molar-refractivity contribution in [1.29, 1.82) is 0 Å². The summed E-state index contributed by atoms with van der Waals surface area (Å²) in [5, 5.41) is 13.1. The second-order valence-electron chi connectivity index (χ2n) is 6.33. The summed E-state index contributed by atoms with van der Waals surface area (Å²) in [4.78, 5) is 4.50. The number of nitrogens with zero attached hydrogens (tertiary/aromatic N) is 6. The highest BCUT2D eigenvalue weighted by atomic mass is 15.4. The van der Waals surface area contributed by atoms with Gasteiger partial charge in [-0.15, -0.1) is 5.10 Å². The van der Waals surface area contributed by atoms with E-state index in [1.807, 2.05) is 52.2 Å². The number of aryl methyl sites for hydroxylation is 1. The first-order chi connectivity index (χ1) is 12.7. The van der Waals surface area contributed by atoms with Crippen LogP contribution in [0.25, 0.3) is 11.3 Å². The molecule has 0 aliphatic rings. The zero-order chi connectivity index (χ0) is 17.9. The molecule has 3 aromatic heterocycles. The minimum absolute atomic E-state index is 0.0238. The quantitative estimate of drug-likeness (QED) is 0.556. The highest BCUT2D eigenvalue weighted by Crippen LogP contribution is 2.24. The first-order valence-corrected chi connectivity index (χ1v) is 8.61. The van der Waals surface area contributed by atoms with Gasteiger partial charge in [0.05, 0.1) is 24.5 Å². The first kappa shape index (κ1) is 16.2. The molecule has 3 heterocycles. The van der Waals surface area contributed by atoms with Crippen molar-refractivity contribution in [1.82, 2.24) is 29.8 Å². The van der Waals surface area contributed by atoms with Gasteiger partial charge in [0.15, 0.2) is 0 Å². The average Bonchev–Trinajstić information content (AvgIpc) is 3.34. The number of pyridine rings is 1. The van der Waals surface area contributed by atoms with Gasteiger partial charge in [-0.3, -0.25) is 9.67 Å². The van der Waals surface area contributed by atoms with Gasteiger partial charge in [-0.2, -0.15) is 5.10 Å². The molecule has 26 heavy (non-hydrogen) atoms. The van der Waals surface area contributed by atoms with Crippen LogP contribution in [0.5, 0.6) is 0 Å². The Labute approximate surface area is 152 Å². The van der Waals surface area contributed by atoms with Crippen LogP contribution in [0.3, 0.4) is 0 Å². The van der Waals surface area contributed by atoms with Crippen LogP contribution in [0.15, 0.2) is 67.3 Å². The first-order valence-electron chi connectivity index (χ1n) is 8.61. The maximum Gasteiger partial charge on any atom is 0.113 e. The molecule has 0 saturated heterocycles. The average molecular weight is 344 g/mol. The second-order valence-corrected chi connectivity index (χ2v) is 6.33. The summed E-state index contributed by atoms with van der Waals surface area (Å²) >= 11 is 0. The molecule has 4 rings (SSSR count). The van der Waals surface area contributed by atoms with Crippen LogP contribution in [-0.2, 0) is 6.54 Å². The highest BCUT2D eigenvalue weighted by Gasteiger charge is 2.16. The number of hydrogen-bond acceptors (Lipinski definition) is 4. The van der Waals surface area contributed by atoms with E-state index in [9.17, 15) is 0 Å². The van der Waals surface area contributed by atoms with Crippen LogP contribution in [0.1, 0.15) is 29.8 Å². The molecule has 0 bridgehead atoms. The summed E-state index contributed by atoms with van der Waals surface area (Å²) in [5.41, 5.74) is 5.24. The van der Waals surface area contributed by atoms with E-state index >= 15 is 0 Å². The SMILES string of the molecule is Cc1cccnc1[C@@H](C)n1cc(-c2ccccc2Cn2cccn2)nn1. The van der Waals surface area contributed by atoms with Crippen molar-refractivity contribution >= 4 is 0 Å². The summed E-state index contributed by atoms with van der Waals surface area (Å²) in [5.74, 6) is 0. The Morgan fingerprint density at radius 3 is 2.73 bits per heavy atom. The third-order valence-electron chi connectivity index (χ3n) is 4.54. The molecule has 4 aromatic rings. The molecule has 0 aliphatic carbocycles. The Kier molecular flexibility index (Phi) is 4.31. The number of rotatable bonds is 5. The number of aromatic nitrogens is 6. The molecule has 6 nitrogen and oxygen atoms in total. The molecular formula is C20H20N6. The zero-order valence-electron chi connectivity index (χ0n) is 14.8. The standard InChI is InChI=1S/C20H20N6/c1-15-7-5-10-21-20(15)16(2)26-14-19(23-24-26)18-9-4-3-8-17(18)13-25-12-6-11-22-25/h3-12,14,16H,13H2,1-2H3/t16-/m1/s1. The Morgan fingerprint density at radius 1 is 1.04 bits per heavy atom. The fourth-order valence-electron chi connectivity index (χ4n) is 3.13. The van der Waals surface area contributed by atoms with E-state index in [-0.39, 0.29) is 6.04 Å². The van der Waals surface area contributed by atoms with Gasteiger partial charge < -0.3 is 0 Å². The molecule has 130 valence electrons. The van der Waals surface area contributed by atoms with Gasteiger partial charge in [0.1, 0.15) is 5.69 Å². The summed E-state index contributed by atoms with van der Waals surface area (Å²) in [6, 6.07) is 14.2. The maximum atomic E-state index is 4.50. The summed E-state index contributed by atoms with van der Waals surface area (Å²) < 4.78 is 3.78. The van der Waals surface area contributed by atoms with Crippen molar-refractivity contribution in [3.63, 3.8) is 0 Å². The topological polar surface area (TPSA) is 61.4 Å². The van der Waals surface area contributed by atoms with E-state index in [0.717, 1.165) is 28.1 Å². The van der Waals surface area contributed by atoms with E-state index < -0.39 is 0 Å². The molecule has 1 aromatic carbocycles. The van der Waals surface area contributed by atoms with Gasteiger partial charge in [0.2, 0.25) is 0 Å². The molecule has 0 N–H and O–H groups in total. The monoisotopic (exact) mass is 344 g/mol. The third-order valence-corrected chi connectivity index (χ3v) is 4.54. The molecule has 6 heteroatoms. The van der Waals surface area contributed by atoms with E-state index in [4.69, 9.17) is 0 Å². The minimum atomic E-state index is 0.0238. The number of benzene rings is 1. The molecule has 0 fully saturated rings. The minimum Gasteiger partial charge on any atom is -0.268 e. The third kappa shape index (κ3) is 3.13. The lowest BCUT2D eigenvalue weighted by Crippen LogP contribution is -2.10. The molecule has 0 amide bonds. The molecule has 0 spiro atoms. The normalized spacial score (nSPS) is 12.2. The van der Waals surface area contributed by atoms with Crippen LogP contribution < -0.4 is 0 Å². The summed E-state index contributed by atoms with van der Waals surface area (Å²) in [6.45, 7) is 4.85. The van der Waals surface area contributed by atoms with Crippen LogP contribution >= 0.6 is 0 Å². The highest BCUT2D eigenvalue weighted by molar-refractivity contribution is 5.62. The van der Waals surface area contributed by atoms with Crippen molar-refractivity contribution in [2.45, 2.75) is 26.4 Å². The van der Waals surface area contributed by atoms with E-state index in [1.165, 1.54) is 0 Å². The fraction of sp³-hybridized carbons (Fsp3) is 0.200. The van der Waals surface area contributed by atoms with Crippen molar-refractivity contribution in [2.75, 3.05) is 0 Å². The molecule has 0 radical (unpaired) electrons. The Morgan fingerprint density at radius 2 is 1.92 bits per heavy atom. The zero-order valence-corrected chi connectivity index (χ0v) is 14.8. The fourth-order valence-corrected chi connectivity index (χ4v) is 3.13. The maximum absolute atomic E-state index is 4.50. The van der Waals surface area contributed by atoms with Gasteiger partial charge >= 0.3 is 0 Å². The van der Waals surface area contributed by atoms with Gasteiger partial charge in [0.25, 0.3) is 0 Å². The lowest BCUT2D eigenvalue weighted by molar-refractivity contribution is 0.529. The molecule has 0 saturated carbocycles. The van der Waals surface area contributed by atoms with E-state index in [0.29, 0.717) is 6.54 Å². The van der Waals surface area contributed by atoms with Gasteiger partial charge in [0, 0.05) is 24.2 Å². The Balaban J connectivity index is 1.66. The second kappa shape index (κ2) is 6.92. The van der Waals surface area contributed by atoms with Gasteiger partial charge in [-0.25, -0.2) is 4.68 Å². The van der Waals surface area contributed by atoms with Crippen LogP contribution in [0.2, 0.25) is 0 Å². The van der Waals surface area contributed by atoms with Gasteiger partial charge in [-0.1, -0.05) is 35.5 Å².